The van der Waals surface area contributed by atoms with Gasteiger partial charge >= 0.3 is 0 Å². The Hall–Kier alpha value is -3.14. The van der Waals surface area contributed by atoms with E-state index in [0.717, 1.165) is 12.8 Å². The Morgan fingerprint density at radius 1 is 0.774 bits per heavy atom. The van der Waals surface area contributed by atoms with E-state index in [4.69, 9.17) is 0 Å². The number of carbonyl (C=O) groups excluding carboxylic acids is 2. The largest absolute Gasteiger partial charge is 0.271 e. The van der Waals surface area contributed by atoms with Crippen molar-refractivity contribution in [3.63, 3.8) is 0 Å². The number of allylic oxidation sites excluding steroid dienone is 3. The predicted octanol–water partition coefficient (Wildman–Crippen LogP) is 6.46. The molecular weight excluding hydrogens is 384 g/mol. The third-order valence-electron chi connectivity index (χ3n) is 5.76. The SMILES string of the molecule is C=CCC1(CC=CCCCCCC)C(=O)N(c2ccccc2)N(c2ccccc2)C1=O. The van der Waals surface area contributed by atoms with Crippen LogP contribution in [0.3, 0.4) is 0 Å². The van der Waals surface area contributed by atoms with Crippen LogP contribution in [0.4, 0.5) is 11.4 Å². The normalized spacial score (nSPS) is 15.8. The summed E-state index contributed by atoms with van der Waals surface area (Å²) in [5.74, 6) is -0.411. The first-order valence-corrected chi connectivity index (χ1v) is 11.2. The Labute approximate surface area is 185 Å². The van der Waals surface area contributed by atoms with Crippen LogP contribution in [0.15, 0.2) is 85.5 Å². The highest BCUT2D eigenvalue weighted by molar-refractivity contribution is 6.26. The summed E-state index contributed by atoms with van der Waals surface area (Å²) in [5.41, 5.74) is 0.186. The molecule has 0 aromatic heterocycles. The van der Waals surface area contributed by atoms with Gasteiger partial charge in [0.25, 0.3) is 11.8 Å². The van der Waals surface area contributed by atoms with Crippen LogP contribution in [-0.2, 0) is 9.59 Å². The van der Waals surface area contributed by atoms with Crippen molar-refractivity contribution in [2.24, 2.45) is 5.41 Å². The van der Waals surface area contributed by atoms with Gasteiger partial charge < -0.3 is 0 Å². The van der Waals surface area contributed by atoms with E-state index in [-0.39, 0.29) is 11.8 Å². The Kier molecular flexibility index (Phi) is 7.82. The smallest absolute Gasteiger partial charge is 0.262 e. The van der Waals surface area contributed by atoms with Crippen molar-refractivity contribution in [2.75, 3.05) is 10.0 Å². The molecule has 4 heteroatoms. The molecular formula is C27H32N2O2. The highest BCUT2D eigenvalue weighted by Crippen LogP contribution is 2.43. The molecule has 1 fully saturated rings. The molecule has 0 radical (unpaired) electrons. The lowest BCUT2D eigenvalue weighted by atomic mass is 9.79. The van der Waals surface area contributed by atoms with Gasteiger partial charge in [-0.3, -0.25) is 9.59 Å². The van der Waals surface area contributed by atoms with Crippen molar-refractivity contribution in [2.45, 2.75) is 51.9 Å². The molecule has 4 nitrogen and oxygen atoms in total. The molecule has 31 heavy (non-hydrogen) atoms. The monoisotopic (exact) mass is 416 g/mol. The maximum absolute atomic E-state index is 13.8. The molecule has 0 unspecified atom stereocenters. The Morgan fingerprint density at radius 3 is 1.81 bits per heavy atom. The maximum atomic E-state index is 13.8. The molecule has 2 aromatic rings. The van der Waals surface area contributed by atoms with Crippen molar-refractivity contribution < 1.29 is 9.59 Å². The number of unbranched alkanes of at least 4 members (excludes halogenated alkanes) is 4. The van der Waals surface area contributed by atoms with Gasteiger partial charge in [-0.1, -0.05) is 80.8 Å². The molecule has 3 rings (SSSR count). The lowest BCUT2D eigenvalue weighted by molar-refractivity contribution is -0.134. The van der Waals surface area contributed by atoms with Crippen molar-refractivity contribution in [3.05, 3.63) is 85.5 Å². The average molecular weight is 417 g/mol. The van der Waals surface area contributed by atoms with Crippen molar-refractivity contribution in [1.29, 1.82) is 0 Å². The minimum Gasteiger partial charge on any atom is -0.271 e. The number of rotatable bonds is 11. The van der Waals surface area contributed by atoms with E-state index in [0.29, 0.717) is 24.2 Å². The summed E-state index contributed by atoms with van der Waals surface area (Å²) in [7, 11) is 0. The Balaban J connectivity index is 1.93. The van der Waals surface area contributed by atoms with Crippen LogP contribution >= 0.6 is 0 Å². The molecule has 162 valence electrons. The van der Waals surface area contributed by atoms with Gasteiger partial charge in [-0.15, -0.1) is 6.58 Å². The topological polar surface area (TPSA) is 40.6 Å². The molecule has 1 aliphatic rings. The molecule has 1 heterocycles. The van der Waals surface area contributed by atoms with Crippen molar-refractivity contribution in [1.82, 2.24) is 0 Å². The van der Waals surface area contributed by atoms with Gasteiger partial charge in [0, 0.05) is 0 Å². The molecule has 0 N–H and O–H groups in total. The van der Waals surface area contributed by atoms with Gasteiger partial charge in [-0.25, -0.2) is 10.0 Å². The van der Waals surface area contributed by atoms with Gasteiger partial charge in [-0.05, 0) is 49.9 Å². The summed E-state index contributed by atoms with van der Waals surface area (Å²) < 4.78 is 0. The van der Waals surface area contributed by atoms with E-state index >= 15 is 0 Å². The second-order valence-corrected chi connectivity index (χ2v) is 8.00. The van der Waals surface area contributed by atoms with Gasteiger partial charge in [0.15, 0.2) is 0 Å². The van der Waals surface area contributed by atoms with Crippen LogP contribution < -0.4 is 10.0 Å². The van der Waals surface area contributed by atoms with Gasteiger partial charge in [-0.2, -0.15) is 0 Å². The van der Waals surface area contributed by atoms with Crippen LogP contribution in [0, 0.1) is 5.41 Å². The fourth-order valence-corrected chi connectivity index (χ4v) is 4.05. The molecule has 0 saturated carbocycles. The number of hydrazine groups is 1. The minimum atomic E-state index is -1.17. The lowest BCUT2D eigenvalue weighted by Crippen LogP contribution is -2.41. The Morgan fingerprint density at radius 2 is 1.32 bits per heavy atom. The molecule has 1 saturated heterocycles. The van der Waals surface area contributed by atoms with E-state index in [1.54, 1.807) is 6.08 Å². The van der Waals surface area contributed by atoms with E-state index in [9.17, 15) is 9.59 Å². The van der Waals surface area contributed by atoms with Gasteiger partial charge in [0.2, 0.25) is 0 Å². The lowest BCUT2D eigenvalue weighted by Gasteiger charge is -2.27. The van der Waals surface area contributed by atoms with Gasteiger partial charge in [0.1, 0.15) is 5.41 Å². The summed E-state index contributed by atoms with van der Waals surface area (Å²) in [6, 6.07) is 18.7. The quantitative estimate of drug-likeness (QED) is 0.240. The summed E-state index contributed by atoms with van der Waals surface area (Å²) in [6.45, 7) is 6.04. The molecule has 0 bridgehead atoms. The third kappa shape index (κ3) is 4.79. The van der Waals surface area contributed by atoms with Crippen LogP contribution in [0.1, 0.15) is 51.9 Å². The number of hydrogen-bond acceptors (Lipinski definition) is 2. The molecule has 0 spiro atoms. The summed E-state index contributed by atoms with van der Waals surface area (Å²) in [5, 5.41) is 3.05. The van der Waals surface area contributed by atoms with Crippen LogP contribution in [-0.4, -0.2) is 11.8 Å². The molecule has 2 aromatic carbocycles. The van der Waals surface area contributed by atoms with E-state index < -0.39 is 5.41 Å². The first kappa shape index (κ1) is 22.5. The zero-order valence-corrected chi connectivity index (χ0v) is 18.4. The fourth-order valence-electron chi connectivity index (χ4n) is 4.05. The number of benzene rings is 2. The fraction of sp³-hybridized carbons (Fsp3) is 0.333. The van der Waals surface area contributed by atoms with Crippen LogP contribution in [0.5, 0.6) is 0 Å². The zero-order valence-electron chi connectivity index (χ0n) is 18.4. The number of carbonyl (C=O) groups is 2. The first-order valence-electron chi connectivity index (χ1n) is 11.2. The molecule has 0 aliphatic carbocycles. The van der Waals surface area contributed by atoms with Crippen molar-refractivity contribution >= 4 is 23.2 Å². The standard InChI is InChI=1S/C27H32N2O2/c1-3-5-6-7-8-9-16-22-27(21-4-2)25(30)28(23-17-12-10-13-18-23)29(26(27)31)24-19-14-11-15-20-24/h4,9-20H,2-3,5-8,21-22H2,1H3. The van der Waals surface area contributed by atoms with E-state index in [2.05, 4.69) is 19.6 Å². The number of hydrogen-bond donors (Lipinski definition) is 0. The summed E-state index contributed by atoms with van der Waals surface area (Å²) in [4.78, 5) is 27.6. The second kappa shape index (κ2) is 10.8. The molecule has 2 amide bonds. The van der Waals surface area contributed by atoms with E-state index in [1.165, 1.54) is 29.3 Å². The minimum absolute atomic E-state index is 0.205. The highest BCUT2D eigenvalue weighted by Gasteiger charge is 2.57. The predicted molar refractivity (Wildman–Crippen MR) is 128 cm³/mol. The second-order valence-electron chi connectivity index (χ2n) is 8.00. The summed E-state index contributed by atoms with van der Waals surface area (Å²) >= 11 is 0. The molecule has 0 atom stereocenters. The van der Waals surface area contributed by atoms with Crippen molar-refractivity contribution in [3.8, 4) is 0 Å². The van der Waals surface area contributed by atoms with E-state index in [1.807, 2.05) is 66.7 Å². The summed E-state index contributed by atoms with van der Waals surface area (Å²) in [6.07, 6.45) is 12.2. The maximum Gasteiger partial charge on any atom is 0.262 e. The zero-order chi connectivity index (χ0) is 22.1. The average Bonchev–Trinajstić information content (AvgIpc) is 3.02. The first-order chi connectivity index (χ1) is 15.2. The molecule has 1 aliphatic heterocycles. The Bertz CT molecular complexity index is 848. The number of para-hydroxylation sites is 2. The van der Waals surface area contributed by atoms with Gasteiger partial charge in [0.05, 0.1) is 11.4 Å². The number of anilines is 2. The van der Waals surface area contributed by atoms with Crippen LogP contribution in [0.25, 0.3) is 0 Å². The number of nitrogens with zero attached hydrogens (tertiary/aromatic N) is 2. The highest BCUT2D eigenvalue weighted by atomic mass is 16.2. The number of amides is 2. The van der Waals surface area contributed by atoms with Crippen LogP contribution in [0.2, 0.25) is 0 Å². The third-order valence-corrected chi connectivity index (χ3v) is 5.76.